The average molecular weight is 346 g/mol. The Balaban J connectivity index is 2.12. The van der Waals surface area contributed by atoms with E-state index in [4.69, 9.17) is 5.73 Å². The lowest BCUT2D eigenvalue weighted by Gasteiger charge is -2.17. The van der Waals surface area contributed by atoms with Crippen molar-refractivity contribution >= 4 is 23.7 Å². The van der Waals surface area contributed by atoms with Gasteiger partial charge in [0.25, 0.3) is 0 Å². The molecule has 3 amide bonds. The predicted octanol–water partition coefficient (Wildman–Crippen LogP) is 2.62. The van der Waals surface area contributed by atoms with Crippen LogP contribution in [0.1, 0.15) is 30.8 Å². The Morgan fingerprint density at radius 1 is 1.29 bits per heavy atom. The van der Waals surface area contributed by atoms with E-state index in [1.54, 1.807) is 0 Å². The highest BCUT2D eigenvalue weighted by atomic mass is 32.2. The predicted molar refractivity (Wildman–Crippen MR) is 94.8 cm³/mol. The summed E-state index contributed by atoms with van der Waals surface area (Å²) in [6, 6.07) is 9.24. The van der Waals surface area contributed by atoms with Gasteiger partial charge in [-0.05, 0) is 18.4 Å². The lowest BCUT2D eigenvalue weighted by molar-refractivity contribution is -0.120. The second-order valence-electron chi connectivity index (χ2n) is 5.91. The van der Waals surface area contributed by atoms with E-state index in [1.165, 1.54) is 17.3 Å². The Kier molecular flexibility index (Phi) is 6.03. The monoisotopic (exact) mass is 346 g/mol. The van der Waals surface area contributed by atoms with Crippen LogP contribution in [-0.2, 0) is 11.2 Å². The van der Waals surface area contributed by atoms with Crippen LogP contribution >= 0.6 is 11.8 Å². The van der Waals surface area contributed by atoms with Gasteiger partial charge >= 0.3 is 6.03 Å². The third-order valence-electron chi connectivity index (χ3n) is 3.53. The molecule has 2 rings (SSSR count). The topological polar surface area (TPSA) is 101 Å². The fourth-order valence-corrected chi connectivity index (χ4v) is 3.34. The molecule has 4 N–H and O–H groups in total. The molecule has 1 aromatic carbocycles. The highest BCUT2D eigenvalue weighted by Gasteiger charge is 2.26. The number of primary amides is 1. The number of hydrogen-bond donors (Lipinski definition) is 3. The van der Waals surface area contributed by atoms with Crippen LogP contribution < -0.4 is 11.1 Å². The molecule has 1 atom stereocenters. The molecular weight excluding hydrogens is 324 g/mol. The lowest BCUT2D eigenvalue weighted by Crippen LogP contribution is -2.42. The summed E-state index contributed by atoms with van der Waals surface area (Å²) in [5.74, 6) is -0.376. The first-order chi connectivity index (χ1) is 11.4. The number of rotatable bonds is 6. The first kappa shape index (κ1) is 18.1. The van der Waals surface area contributed by atoms with Gasteiger partial charge < -0.3 is 10.7 Å². The van der Waals surface area contributed by atoms with Crippen molar-refractivity contribution in [2.75, 3.05) is 0 Å². The van der Waals surface area contributed by atoms with Crippen molar-refractivity contribution in [2.45, 2.75) is 37.6 Å². The van der Waals surface area contributed by atoms with Gasteiger partial charge in [-0.3, -0.25) is 10.1 Å². The zero-order valence-corrected chi connectivity index (χ0v) is 14.8. The first-order valence-corrected chi connectivity index (χ1v) is 8.61. The Labute approximate surface area is 145 Å². The number of imide groups is 1. The number of nitrogens with two attached hydrogens (primary N) is 1. The summed E-state index contributed by atoms with van der Waals surface area (Å²) in [5, 5.41) is 2.36. The second kappa shape index (κ2) is 8.01. The van der Waals surface area contributed by atoms with Crippen LogP contribution in [0.2, 0.25) is 0 Å². The first-order valence-electron chi connectivity index (χ1n) is 7.73. The Morgan fingerprint density at radius 2 is 1.96 bits per heavy atom. The minimum absolute atomic E-state index is 0.0253. The van der Waals surface area contributed by atoms with Crippen LogP contribution in [0.3, 0.4) is 0 Å². The highest BCUT2D eigenvalue weighted by molar-refractivity contribution is 8.00. The molecular formula is C17H22N4O2S. The molecule has 0 spiro atoms. The van der Waals surface area contributed by atoms with Crippen molar-refractivity contribution in [1.29, 1.82) is 0 Å². The van der Waals surface area contributed by atoms with E-state index in [2.05, 4.69) is 27.4 Å². The number of carbonyl (C=O) groups excluding carboxylic acids is 2. The molecule has 0 radical (unpaired) electrons. The normalized spacial score (nSPS) is 12.2. The van der Waals surface area contributed by atoms with Gasteiger partial charge in [-0.1, -0.05) is 55.9 Å². The van der Waals surface area contributed by atoms with Crippen LogP contribution in [0.5, 0.6) is 0 Å². The van der Waals surface area contributed by atoms with Crippen molar-refractivity contribution in [3.63, 3.8) is 0 Å². The van der Waals surface area contributed by atoms with Crippen LogP contribution in [-0.4, -0.2) is 27.2 Å². The average Bonchev–Trinajstić information content (AvgIpc) is 2.84. The second-order valence-corrected chi connectivity index (χ2v) is 7.04. The maximum atomic E-state index is 12.1. The van der Waals surface area contributed by atoms with Gasteiger partial charge in [0.1, 0.15) is 0 Å². The number of urea groups is 1. The van der Waals surface area contributed by atoms with Gasteiger partial charge in [-0.25, -0.2) is 9.78 Å². The van der Waals surface area contributed by atoms with Crippen molar-refractivity contribution in [3.05, 3.63) is 47.3 Å². The van der Waals surface area contributed by atoms with E-state index < -0.39 is 17.2 Å². The Bertz CT molecular complexity index is 713. The molecule has 0 bridgehead atoms. The van der Waals surface area contributed by atoms with Crippen LogP contribution in [0.15, 0.2) is 35.5 Å². The molecule has 7 heteroatoms. The molecule has 0 aliphatic rings. The Hall–Kier alpha value is -2.28. The number of thioether (sulfide) groups is 1. The van der Waals surface area contributed by atoms with E-state index in [-0.39, 0.29) is 5.92 Å². The molecule has 2 aromatic rings. The van der Waals surface area contributed by atoms with Crippen molar-refractivity contribution < 1.29 is 9.59 Å². The summed E-state index contributed by atoms with van der Waals surface area (Å²) in [5.41, 5.74) is 8.13. The molecule has 0 fully saturated rings. The van der Waals surface area contributed by atoms with Crippen LogP contribution in [0.25, 0.3) is 0 Å². The number of aromatic amines is 1. The van der Waals surface area contributed by atoms with Crippen molar-refractivity contribution in [2.24, 2.45) is 11.7 Å². The molecule has 0 saturated carbocycles. The maximum absolute atomic E-state index is 12.1. The zero-order chi connectivity index (χ0) is 17.7. The fourth-order valence-electron chi connectivity index (χ4n) is 2.29. The fraction of sp³-hybridized carbons (Fsp3) is 0.353. The number of carbonyl (C=O) groups is 2. The number of aryl methyl sites for hydroxylation is 1. The van der Waals surface area contributed by atoms with Crippen molar-refractivity contribution in [3.8, 4) is 0 Å². The molecule has 0 aliphatic carbocycles. The van der Waals surface area contributed by atoms with Gasteiger partial charge in [-0.15, -0.1) is 0 Å². The minimum atomic E-state index is -0.841. The summed E-state index contributed by atoms with van der Waals surface area (Å²) >= 11 is 1.31. The summed E-state index contributed by atoms with van der Waals surface area (Å²) in [6.07, 6.45) is 0.726. The molecule has 24 heavy (non-hydrogen) atoms. The molecule has 128 valence electrons. The number of nitrogens with zero attached hydrogens (tertiary/aromatic N) is 1. The number of H-pyrrole nitrogens is 1. The number of imidazole rings is 1. The van der Waals surface area contributed by atoms with Gasteiger partial charge in [0.2, 0.25) is 5.91 Å². The van der Waals surface area contributed by atoms with E-state index in [9.17, 15) is 9.59 Å². The number of hydrogen-bond acceptors (Lipinski definition) is 4. The standard InChI is InChI=1S/C17H22N4O2S/c1-10(2)14(15(22)21-16(18)23)24-17-19-11(3)13(20-17)9-12-7-5-4-6-8-12/h4-8,10,14H,9H2,1-3H3,(H,19,20)(H3,18,21,22,23). The quantitative estimate of drug-likeness (QED) is 0.700. The van der Waals surface area contributed by atoms with Gasteiger partial charge in [0, 0.05) is 12.1 Å². The van der Waals surface area contributed by atoms with E-state index in [1.807, 2.05) is 39.0 Å². The third kappa shape index (κ3) is 4.86. The largest absolute Gasteiger partial charge is 0.351 e. The van der Waals surface area contributed by atoms with Crippen LogP contribution in [0.4, 0.5) is 4.79 Å². The van der Waals surface area contributed by atoms with E-state index >= 15 is 0 Å². The lowest BCUT2D eigenvalue weighted by atomic mass is 10.1. The molecule has 1 heterocycles. The SMILES string of the molecule is Cc1[nH]c(SC(C(=O)NC(N)=O)C(C)C)nc1Cc1ccccc1. The summed E-state index contributed by atoms with van der Waals surface area (Å²) < 4.78 is 0. The number of benzene rings is 1. The summed E-state index contributed by atoms with van der Waals surface area (Å²) in [4.78, 5) is 30.8. The molecule has 0 aliphatic heterocycles. The van der Waals surface area contributed by atoms with E-state index in [0.717, 1.165) is 17.8 Å². The maximum Gasteiger partial charge on any atom is 0.318 e. The number of nitrogens with one attached hydrogen (secondary N) is 2. The number of amides is 3. The highest BCUT2D eigenvalue weighted by Crippen LogP contribution is 2.27. The molecule has 1 aromatic heterocycles. The summed E-state index contributed by atoms with van der Waals surface area (Å²) in [7, 11) is 0. The molecule has 1 unspecified atom stereocenters. The van der Waals surface area contributed by atoms with Gasteiger partial charge in [0.05, 0.1) is 10.9 Å². The smallest absolute Gasteiger partial charge is 0.318 e. The minimum Gasteiger partial charge on any atom is -0.351 e. The molecule has 0 saturated heterocycles. The van der Waals surface area contributed by atoms with Gasteiger partial charge in [-0.2, -0.15) is 0 Å². The third-order valence-corrected chi connectivity index (χ3v) is 4.96. The van der Waals surface area contributed by atoms with E-state index in [0.29, 0.717) is 5.16 Å². The zero-order valence-electron chi connectivity index (χ0n) is 14.0. The van der Waals surface area contributed by atoms with Crippen LogP contribution in [0, 0.1) is 12.8 Å². The number of aromatic nitrogens is 2. The molecule has 6 nitrogen and oxygen atoms in total. The van der Waals surface area contributed by atoms with Crippen molar-refractivity contribution in [1.82, 2.24) is 15.3 Å². The summed E-state index contributed by atoms with van der Waals surface area (Å²) in [6.45, 7) is 5.79. The van der Waals surface area contributed by atoms with Gasteiger partial charge in [0.15, 0.2) is 5.16 Å². The Morgan fingerprint density at radius 3 is 2.54 bits per heavy atom.